The van der Waals surface area contributed by atoms with Crippen molar-refractivity contribution < 1.29 is 13.6 Å². The molecule has 2 aromatic heterocycles. The second kappa shape index (κ2) is 5.67. The zero-order valence-electron chi connectivity index (χ0n) is 12.9. The molecule has 1 aliphatic carbocycles. The van der Waals surface area contributed by atoms with Gasteiger partial charge in [0.15, 0.2) is 5.82 Å². The Morgan fingerprint density at radius 1 is 1.32 bits per heavy atom. The minimum atomic E-state index is -1.07. The standard InChI is InChI=1S/C18H12F2N4O/c1-21-17-11(3-2-4-13(17)19)10-5-6-16-22-15(9-24(16)8-10)23-18(25)12-7-14(12)20/h2-6,8-9,12,14H,7H2,(H,23,25)/t12-,14+/m1/s1. The highest BCUT2D eigenvalue weighted by molar-refractivity contribution is 5.94. The second-order valence-corrected chi connectivity index (χ2v) is 5.90. The van der Waals surface area contributed by atoms with Crippen LogP contribution in [-0.4, -0.2) is 21.5 Å². The summed E-state index contributed by atoms with van der Waals surface area (Å²) in [7, 11) is 0. The number of nitrogens with zero attached hydrogens (tertiary/aromatic N) is 3. The molecule has 1 saturated carbocycles. The first-order chi connectivity index (χ1) is 12.1. The summed E-state index contributed by atoms with van der Waals surface area (Å²) in [6.45, 7) is 7.17. The molecule has 1 aromatic carbocycles. The number of carbonyl (C=O) groups excluding carboxylic acids is 1. The predicted molar refractivity (Wildman–Crippen MR) is 88.5 cm³/mol. The third kappa shape index (κ3) is 2.72. The highest BCUT2D eigenvalue weighted by Crippen LogP contribution is 2.35. The SMILES string of the molecule is [C-]#[N+]c1c(F)cccc1-c1ccc2nc(NC(=O)[C@@H]3C[C@@H]3F)cn2c1. The maximum atomic E-state index is 13.8. The van der Waals surface area contributed by atoms with Gasteiger partial charge < -0.3 is 9.72 Å². The Hall–Kier alpha value is -3.27. The Labute approximate surface area is 141 Å². The first-order valence-electron chi connectivity index (χ1n) is 7.67. The van der Waals surface area contributed by atoms with E-state index in [1.165, 1.54) is 6.07 Å². The Morgan fingerprint density at radius 3 is 2.84 bits per heavy atom. The number of aromatic nitrogens is 2. The molecule has 0 radical (unpaired) electrons. The van der Waals surface area contributed by atoms with E-state index in [4.69, 9.17) is 6.57 Å². The van der Waals surface area contributed by atoms with Gasteiger partial charge in [0, 0.05) is 6.20 Å². The summed E-state index contributed by atoms with van der Waals surface area (Å²) < 4.78 is 28.4. The van der Waals surface area contributed by atoms with Crippen molar-refractivity contribution in [1.82, 2.24) is 9.38 Å². The molecule has 3 aromatic rings. The van der Waals surface area contributed by atoms with E-state index in [2.05, 4.69) is 15.1 Å². The van der Waals surface area contributed by atoms with Crippen LogP contribution in [0.4, 0.5) is 20.3 Å². The van der Waals surface area contributed by atoms with E-state index < -0.39 is 17.9 Å². The summed E-state index contributed by atoms with van der Waals surface area (Å²) in [5.41, 5.74) is 1.67. The Balaban J connectivity index is 1.68. The number of hydrogen-bond acceptors (Lipinski definition) is 2. The smallest absolute Gasteiger partial charge is 0.231 e. The third-order valence-electron chi connectivity index (χ3n) is 4.16. The number of alkyl halides is 1. The molecule has 0 unspecified atom stereocenters. The number of para-hydroxylation sites is 1. The van der Waals surface area contributed by atoms with E-state index in [-0.39, 0.29) is 18.0 Å². The minimum Gasteiger partial charge on any atom is -0.309 e. The molecule has 124 valence electrons. The van der Waals surface area contributed by atoms with Crippen LogP contribution in [0, 0.1) is 18.3 Å². The largest absolute Gasteiger partial charge is 0.309 e. The Bertz CT molecular complexity index is 1040. The first-order valence-corrected chi connectivity index (χ1v) is 7.67. The lowest BCUT2D eigenvalue weighted by molar-refractivity contribution is -0.117. The summed E-state index contributed by atoms with van der Waals surface area (Å²) in [4.78, 5) is 19.3. The second-order valence-electron chi connectivity index (χ2n) is 5.90. The minimum absolute atomic E-state index is 0.0433. The molecule has 0 bridgehead atoms. The van der Waals surface area contributed by atoms with Crippen LogP contribution in [0.25, 0.3) is 21.6 Å². The first kappa shape index (κ1) is 15.3. The van der Waals surface area contributed by atoms with E-state index >= 15 is 0 Å². The molecule has 2 atom stereocenters. The van der Waals surface area contributed by atoms with E-state index in [0.717, 1.165) is 0 Å². The molecule has 1 N–H and O–H groups in total. The number of carbonyl (C=O) groups is 1. The molecule has 4 rings (SSSR count). The van der Waals surface area contributed by atoms with Crippen molar-refractivity contribution >= 4 is 23.1 Å². The fourth-order valence-electron chi connectivity index (χ4n) is 2.73. The monoisotopic (exact) mass is 338 g/mol. The van der Waals surface area contributed by atoms with Crippen LogP contribution in [0.1, 0.15) is 6.42 Å². The Kier molecular flexibility index (Phi) is 3.46. The maximum Gasteiger partial charge on any atom is 0.231 e. The summed E-state index contributed by atoms with van der Waals surface area (Å²) in [5, 5.41) is 2.60. The van der Waals surface area contributed by atoms with Crippen molar-refractivity contribution in [2.45, 2.75) is 12.6 Å². The predicted octanol–water partition coefficient (Wildman–Crippen LogP) is 3.99. The van der Waals surface area contributed by atoms with Crippen LogP contribution in [0.2, 0.25) is 0 Å². The van der Waals surface area contributed by atoms with Gasteiger partial charge in [0.2, 0.25) is 11.6 Å². The topological polar surface area (TPSA) is 50.8 Å². The van der Waals surface area contributed by atoms with Gasteiger partial charge in [-0.25, -0.2) is 18.6 Å². The number of benzene rings is 1. The lowest BCUT2D eigenvalue weighted by Crippen LogP contribution is -2.15. The zero-order chi connectivity index (χ0) is 17.6. The normalized spacial score (nSPS) is 18.8. The molecule has 2 heterocycles. The van der Waals surface area contributed by atoms with E-state index in [0.29, 0.717) is 22.6 Å². The number of halogens is 2. The molecule has 25 heavy (non-hydrogen) atoms. The van der Waals surface area contributed by atoms with Gasteiger partial charge in [-0.15, -0.1) is 0 Å². The third-order valence-corrected chi connectivity index (χ3v) is 4.16. The van der Waals surface area contributed by atoms with Crippen molar-refractivity contribution in [3.63, 3.8) is 0 Å². The van der Waals surface area contributed by atoms with Crippen molar-refractivity contribution in [2.24, 2.45) is 5.92 Å². The molecule has 1 aliphatic rings. The molecule has 7 heteroatoms. The van der Waals surface area contributed by atoms with Crippen molar-refractivity contribution in [3.05, 3.63) is 60.0 Å². The van der Waals surface area contributed by atoms with Gasteiger partial charge in [0.25, 0.3) is 0 Å². The molecule has 1 fully saturated rings. The lowest BCUT2D eigenvalue weighted by Gasteiger charge is -2.05. The molecule has 1 amide bonds. The molecule has 5 nitrogen and oxygen atoms in total. The number of fused-ring (bicyclic) bond motifs is 1. The van der Waals surface area contributed by atoms with Gasteiger partial charge in [-0.3, -0.25) is 4.79 Å². The average molecular weight is 338 g/mol. The van der Waals surface area contributed by atoms with Crippen molar-refractivity contribution in [2.75, 3.05) is 5.32 Å². The van der Waals surface area contributed by atoms with Gasteiger partial charge in [-0.05, 0) is 29.7 Å². The molecular weight excluding hydrogens is 326 g/mol. The number of amides is 1. The number of hydrogen-bond donors (Lipinski definition) is 1. The number of anilines is 1. The number of rotatable bonds is 3. The van der Waals surface area contributed by atoms with Gasteiger partial charge in [0.05, 0.1) is 18.7 Å². The molecule has 0 saturated heterocycles. The highest BCUT2D eigenvalue weighted by Gasteiger charge is 2.43. The Morgan fingerprint density at radius 2 is 2.12 bits per heavy atom. The van der Waals surface area contributed by atoms with Crippen LogP contribution in [0.3, 0.4) is 0 Å². The zero-order valence-corrected chi connectivity index (χ0v) is 12.9. The van der Waals surface area contributed by atoms with Crippen LogP contribution in [0.5, 0.6) is 0 Å². The van der Waals surface area contributed by atoms with E-state index in [9.17, 15) is 13.6 Å². The summed E-state index contributed by atoms with van der Waals surface area (Å²) in [6.07, 6.45) is 2.49. The van der Waals surface area contributed by atoms with Crippen molar-refractivity contribution in [3.8, 4) is 11.1 Å². The maximum absolute atomic E-state index is 13.8. The summed E-state index contributed by atoms with van der Waals surface area (Å²) in [6, 6.07) is 7.91. The number of pyridine rings is 1. The lowest BCUT2D eigenvalue weighted by atomic mass is 10.1. The van der Waals surface area contributed by atoms with Crippen LogP contribution < -0.4 is 5.32 Å². The molecular formula is C18H12F2N4O. The van der Waals surface area contributed by atoms with E-state index in [1.54, 1.807) is 41.1 Å². The van der Waals surface area contributed by atoms with Crippen LogP contribution >= 0.6 is 0 Å². The fourth-order valence-corrected chi connectivity index (χ4v) is 2.73. The van der Waals surface area contributed by atoms with Crippen LogP contribution in [-0.2, 0) is 4.79 Å². The summed E-state index contributed by atoms with van der Waals surface area (Å²) >= 11 is 0. The highest BCUT2D eigenvalue weighted by atomic mass is 19.1. The van der Waals surface area contributed by atoms with Gasteiger partial charge in [-0.2, -0.15) is 0 Å². The number of imidazole rings is 1. The van der Waals surface area contributed by atoms with Crippen molar-refractivity contribution in [1.29, 1.82) is 0 Å². The van der Waals surface area contributed by atoms with Gasteiger partial charge in [0.1, 0.15) is 17.6 Å². The molecule has 0 aliphatic heterocycles. The van der Waals surface area contributed by atoms with Crippen LogP contribution in [0.15, 0.2) is 42.7 Å². The van der Waals surface area contributed by atoms with E-state index in [1.807, 2.05) is 0 Å². The van der Waals surface area contributed by atoms with Gasteiger partial charge in [-0.1, -0.05) is 18.2 Å². The fraction of sp³-hybridized carbons (Fsp3) is 0.167. The summed E-state index contributed by atoms with van der Waals surface area (Å²) in [5.74, 6) is -1.22. The quantitative estimate of drug-likeness (QED) is 0.734. The number of nitrogens with one attached hydrogen (secondary N) is 1. The molecule has 0 spiro atoms. The van der Waals surface area contributed by atoms with Gasteiger partial charge >= 0.3 is 0 Å². The average Bonchev–Trinajstić information content (AvgIpc) is 3.19.